The number of methoxy groups -OCH3 is 1. The molecule has 0 spiro atoms. The lowest BCUT2D eigenvalue weighted by atomic mass is 9.95. The first kappa shape index (κ1) is 20.9. The van der Waals surface area contributed by atoms with E-state index in [0.717, 1.165) is 41.0 Å². The zero-order chi connectivity index (χ0) is 21.8. The number of piperidine rings is 1. The van der Waals surface area contributed by atoms with Gasteiger partial charge >= 0.3 is 0 Å². The van der Waals surface area contributed by atoms with Crippen LogP contribution in [-0.4, -0.2) is 46.9 Å². The molecule has 2 heterocycles. The first-order chi connectivity index (χ1) is 15.0. The van der Waals surface area contributed by atoms with Crippen molar-refractivity contribution in [3.8, 4) is 5.75 Å². The van der Waals surface area contributed by atoms with Gasteiger partial charge in [0.25, 0.3) is 0 Å². The molecule has 1 aliphatic heterocycles. The molecule has 31 heavy (non-hydrogen) atoms. The number of rotatable bonds is 6. The van der Waals surface area contributed by atoms with Crippen LogP contribution in [0.2, 0.25) is 0 Å². The van der Waals surface area contributed by atoms with Gasteiger partial charge < -0.3 is 19.9 Å². The minimum Gasteiger partial charge on any atom is -0.497 e. The Bertz CT molecular complexity index is 1020. The van der Waals surface area contributed by atoms with Gasteiger partial charge in [0.2, 0.25) is 11.8 Å². The Kier molecular flexibility index (Phi) is 6.21. The molecule has 1 aromatic heterocycles. The molecule has 2 amide bonds. The molecule has 1 atom stereocenters. The van der Waals surface area contributed by atoms with Crippen LogP contribution in [0.1, 0.15) is 49.5 Å². The van der Waals surface area contributed by atoms with Gasteiger partial charge in [0, 0.05) is 25.9 Å². The third kappa shape index (κ3) is 4.87. The maximum absolute atomic E-state index is 13.0. The van der Waals surface area contributed by atoms with Gasteiger partial charge in [-0.3, -0.25) is 9.59 Å². The fourth-order valence-corrected chi connectivity index (χ4v) is 4.21. The highest BCUT2D eigenvalue weighted by Gasteiger charge is 2.27. The normalized spacial score (nSPS) is 15.6. The van der Waals surface area contributed by atoms with Crippen molar-refractivity contribution in [1.82, 2.24) is 20.2 Å². The van der Waals surface area contributed by atoms with Crippen molar-refractivity contribution in [3.63, 3.8) is 0 Å². The van der Waals surface area contributed by atoms with Gasteiger partial charge in [-0.2, -0.15) is 0 Å². The van der Waals surface area contributed by atoms with Crippen LogP contribution in [0, 0.1) is 0 Å². The molecule has 0 radical (unpaired) electrons. The number of H-pyrrole nitrogens is 1. The van der Waals surface area contributed by atoms with Gasteiger partial charge in [0.1, 0.15) is 11.6 Å². The standard InChI is InChI=1S/C24H28N4O3/c1-16(29)25-22(17-7-9-19(31-2)10-8-17)15-23(30)28-13-11-18(12-14-28)24-26-20-5-3-4-6-21(20)27-24/h3-10,18,22H,11-15H2,1-2H3,(H,25,29)(H,26,27). The number of hydrogen-bond acceptors (Lipinski definition) is 4. The van der Waals surface area contributed by atoms with Crippen molar-refractivity contribution in [2.45, 2.75) is 38.1 Å². The van der Waals surface area contributed by atoms with Crippen LogP contribution in [-0.2, 0) is 9.59 Å². The Morgan fingerprint density at radius 2 is 1.87 bits per heavy atom. The van der Waals surface area contributed by atoms with Crippen molar-refractivity contribution in [1.29, 1.82) is 0 Å². The highest BCUT2D eigenvalue weighted by Crippen LogP contribution is 2.29. The Morgan fingerprint density at radius 3 is 2.52 bits per heavy atom. The molecule has 3 aromatic rings. The smallest absolute Gasteiger partial charge is 0.224 e. The number of hydrogen-bond donors (Lipinski definition) is 2. The second-order valence-corrected chi connectivity index (χ2v) is 8.02. The molecule has 0 bridgehead atoms. The van der Waals surface area contributed by atoms with Crippen LogP contribution in [0.4, 0.5) is 0 Å². The van der Waals surface area contributed by atoms with E-state index in [2.05, 4.69) is 10.3 Å². The number of aromatic nitrogens is 2. The zero-order valence-electron chi connectivity index (χ0n) is 17.9. The molecule has 0 saturated carbocycles. The average molecular weight is 421 g/mol. The Balaban J connectivity index is 1.38. The summed E-state index contributed by atoms with van der Waals surface area (Å²) in [5, 5.41) is 2.91. The van der Waals surface area contributed by atoms with Crippen molar-refractivity contribution in [2.75, 3.05) is 20.2 Å². The topological polar surface area (TPSA) is 87.3 Å². The molecule has 0 aliphatic carbocycles. The van der Waals surface area contributed by atoms with Crippen molar-refractivity contribution in [3.05, 3.63) is 59.9 Å². The van der Waals surface area contributed by atoms with E-state index in [9.17, 15) is 9.59 Å². The summed E-state index contributed by atoms with van der Waals surface area (Å²) in [6.07, 6.45) is 1.99. The number of ether oxygens (including phenoxy) is 1. The Morgan fingerprint density at radius 1 is 1.16 bits per heavy atom. The van der Waals surface area contributed by atoms with E-state index in [0.29, 0.717) is 19.0 Å². The summed E-state index contributed by atoms with van der Waals surface area (Å²) in [4.78, 5) is 34.8. The van der Waals surface area contributed by atoms with Gasteiger partial charge in [0.05, 0.1) is 30.6 Å². The van der Waals surface area contributed by atoms with E-state index < -0.39 is 0 Å². The molecule has 2 N–H and O–H groups in total. The number of nitrogens with one attached hydrogen (secondary N) is 2. The summed E-state index contributed by atoms with van der Waals surface area (Å²) in [5.41, 5.74) is 2.92. The molecule has 1 unspecified atom stereocenters. The molecular weight excluding hydrogens is 392 g/mol. The van der Waals surface area contributed by atoms with E-state index in [4.69, 9.17) is 9.72 Å². The van der Waals surface area contributed by atoms with Crippen LogP contribution in [0.25, 0.3) is 11.0 Å². The number of carbonyl (C=O) groups excluding carboxylic acids is 2. The first-order valence-corrected chi connectivity index (χ1v) is 10.7. The summed E-state index contributed by atoms with van der Waals surface area (Å²) in [6.45, 7) is 2.85. The van der Waals surface area contributed by atoms with Gasteiger partial charge in [-0.05, 0) is 42.7 Å². The fraction of sp³-hybridized carbons (Fsp3) is 0.375. The van der Waals surface area contributed by atoms with Crippen LogP contribution in [0.3, 0.4) is 0 Å². The molecular formula is C24H28N4O3. The molecule has 1 saturated heterocycles. The number of fused-ring (bicyclic) bond motifs is 1. The Labute approximate surface area is 181 Å². The minimum atomic E-state index is -0.357. The average Bonchev–Trinajstić information content (AvgIpc) is 3.23. The predicted molar refractivity (Wildman–Crippen MR) is 119 cm³/mol. The van der Waals surface area contributed by atoms with Crippen LogP contribution < -0.4 is 10.1 Å². The lowest BCUT2D eigenvalue weighted by molar-refractivity contribution is -0.133. The van der Waals surface area contributed by atoms with Crippen LogP contribution >= 0.6 is 0 Å². The Hall–Kier alpha value is -3.35. The number of amides is 2. The van der Waals surface area contributed by atoms with E-state index in [1.807, 2.05) is 53.4 Å². The van der Waals surface area contributed by atoms with Crippen LogP contribution in [0.15, 0.2) is 48.5 Å². The number of aromatic amines is 1. The van der Waals surface area contributed by atoms with E-state index >= 15 is 0 Å². The summed E-state index contributed by atoms with van der Waals surface area (Å²) in [7, 11) is 1.61. The lowest BCUT2D eigenvalue weighted by Crippen LogP contribution is -2.40. The quantitative estimate of drug-likeness (QED) is 0.639. The zero-order valence-corrected chi connectivity index (χ0v) is 17.9. The first-order valence-electron chi connectivity index (χ1n) is 10.7. The minimum absolute atomic E-state index is 0.0534. The van der Waals surface area contributed by atoms with Crippen molar-refractivity contribution in [2.24, 2.45) is 0 Å². The van der Waals surface area contributed by atoms with E-state index in [1.54, 1.807) is 7.11 Å². The number of carbonyl (C=O) groups is 2. The number of benzene rings is 2. The van der Waals surface area contributed by atoms with Gasteiger partial charge in [-0.25, -0.2) is 4.98 Å². The van der Waals surface area contributed by atoms with Crippen molar-refractivity contribution < 1.29 is 14.3 Å². The van der Waals surface area contributed by atoms with Gasteiger partial charge in [-0.1, -0.05) is 24.3 Å². The highest BCUT2D eigenvalue weighted by molar-refractivity contribution is 5.79. The SMILES string of the molecule is COc1ccc(C(CC(=O)N2CCC(c3nc4ccccc4[nH]3)CC2)NC(C)=O)cc1. The maximum atomic E-state index is 13.0. The number of nitrogens with zero attached hydrogens (tertiary/aromatic N) is 2. The van der Waals surface area contributed by atoms with E-state index in [-0.39, 0.29) is 24.3 Å². The number of likely N-dealkylation sites (tertiary alicyclic amines) is 1. The monoisotopic (exact) mass is 420 g/mol. The maximum Gasteiger partial charge on any atom is 0.224 e. The lowest BCUT2D eigenvalue weighted by Gasteiger charge is -2.32. The molecule has 7 heteroatoms. The molecule has 1 aliphatic rings. The molecule has 4 rings (SSSR count). The second-order valence-electron chi connectivity index (χ2n) is 8.02. The molecule has 162 valence electrons. The molecule has 2 aromatic carbocycles. The molecule has 1 fully saturated rings. The summed E-state index contributed by atoms with van der Waals surface area (Å²) >= 11 is 0. The number of para-hydroxylation sites is 2. The van der Waals surface area contributed by atoms with Gasteiger partial charge in [0.15, 0.2) is 0 Å². The second kappa shape index (κ2) is 9.20. The van der Waals surface area contributed by atoms with Gasteiger partial charge in [-0.15, -0.1) is 0 Å². The fourth-order valence-electron chi connectivity index (χ4n) is 4.21. The largest absolute Gasteiger partial charge is 0.497 e. The van der Waals surface area contributed by atoms with Crippen LogP contribution in [0.5, 0.6) is 5.75 Å². The summed E-state index contributed by atoms with van der Waals surface area (Å²) < 4.78 is 5.20. The summed E-state index contributed by atoms with van der Waals surface area (Å²) in [5.74, 6) is 1.96. The van der Waals surface area contributed by atoms with E-state index in [1.165, 1.54) is 6.92 Å². The molecule has 7 nitrogen and oxygen atoms in total. The number of imidazole rings is 1. The highest BCUT2D eigenvalue weighted by atomic mass is 16.5. The van der Waals surface area contributed by atoms with Crippen molar-refractivity contribution >= 4 is 22.8 Å². The predicted octanol–water partition coefficient (Wildman–Crippen LogP) is 3.55. The summed E-state index contributed by atoms with van der Waals surface area (Å²) in [6, 6.07) is 15.1. The third-order valence-corrected chi connectivity index (χ3v) is 5.92. The third-order valence-electron chi connectivity index (χ3n) is 5.92.